The van der Waals surface area contributed by atoms with Gasteiger partial charge >= 0.3 is 5.97 Å². The van der Waals surface area contributed by atoms with Crippen LogP contribution < -0.4 is 0 Å². The molecule has 0 amide bonds. The molecule has 0 aromatic heterocycles. The van der Waals surface area contributed by atoms with E-state index < -0.39 is 5.97 Å². The van der Waals surface area contributed by atoms with E-state index in [0.717, 1.165) is 51.4 Å². The Bertz CT molecular complexity index is 482. The SMILES string of the molecule is CCC=C=CC=CCCC=CC=C=CCCCCCCCC(=O)O. The molecule has 2 nitrogen and oxygen atoms in total. The Hall–Kier alpha value is -2.01. The Balaban J connectivity index is 3.50. The number of rotatable bonds is 14. The lowest BCUT2D eigenvalue weighted by atomic mass is 10.1. The van der Waals surface area contributed by atoms with Gasteiger partial charge in [-0.15, -0.1) is 11.5 Å². The minimum absolute atomic E-state index is 0.303. The Morgan fingerprint density at radius 1 is 0.833 bits per heavy atom. The Labute approximate surface area is 147 Å². The molecule has 0 radical (unpaired) electrons. The van der Waals surface area contributed by atoms with Crippen LogP contribution in [-0.2, 0) is 4.79 Å². The van der Waals surface area contributed by atoms with E-state index in [1.54, 1.807) is 0 Å². The number of carbonyl (C=O) groups is 1. The molecule has 0 atom stereocenters. The van der Waals surface area contributed by atoms with E-state index in [1.807, 2.05) is 30.4 Å². The van der Waals surface area contributed by atoms with Crippen molar-refractivity contribution in [2.45, 2.75) is 71.1 Å². The minimum Gasteiger partial charge on any atom is -0.481 e. The van der Waals surface area contributed by atoms with Crippen molar-refractivity contribution in [2.24, 2.45) is 0 Å². The molecule has 0 rings (SSSR count). The van der Waals surface area contributed by atoms with Crippen molar-refractivity contribution in [2.75, 3.05) is 0 Å². The molecule has 0 aliphatic carbocycles. The summed E-state index contributed by atoms with van der Waals surface area (Å²) in [6.07, 6.45) is 26.1. The summed E-state index contributed by atoms with van der Waals surface area (Å²) in [5, 5.41) is 8.53. The molecule has 0 heterocycles. The van der Waals surface area contributed by atoms with Crippen LogP contribution in [0.15, 0.2) is 60.1 Å². The fourth-order valence-corrected chi connectivity index (χ4v) is 2.02. The highest BCUT2D eigenvalue weighted by Gasteiger charge is 1.95. The van der Waals surface area contributed by atoms with Gasteiger partial charge in [-0.2, -0.15) is 0 Å². The molecule has 0 bridgehead atoms. The maximum atomic E-state index is 10.4. The first kappa shape index (κ1) is 22.0. The van der Waals surface area contributed by atoms with E-state index >= 15 is 0 Å². The van der Waals surface area contributed by atoms with Crippen molar-refractivity contribution < 1.29 is 9.90 Å². The van der Waals surface area contributed by atoms with Crippen LogP contribution in [0.2, 0.25) is 0 Å². The van der Waals surface area contributed by atoms with Crippen LogP contribution in [0.5, 0.6) is 0 Å². The van der Waals surface area contributed by atoms with E-state index in [2.05, 4.69) is 36.6 Å². The van der Waals surface area contributed by atoms with Gasteiger partial charge in [0.2, 0.25) is 0 Å². The van der Waals surface area contributed by atoms with Crippen molar-refractivity contribution in [3.05, 3.63) is 60.1 Å². The van der Waals surface area contributed by atoms with Gasteiger partial charge < -0.3 is 5.11 Å². The van der Waals surface area contributed by atoms with Crippen molar-refractivity contribution in [3.8, 4) is 0 Å². The Morgan fingerprint density at radius 2 is 1.42 bits per heavy atom. The second-order valence-electron chi connectivity index (χ2n) is 5.62. The number of hydrogen-bond acceptors (Lipinski definition) is 1. The predicted octanol–water partition coefficient (Wildman–Crippen LogP) is 6.53. The van der Waals surface area contributed by atoms with E-state index in [0.29, 0.717) is 6.42 Å². The highest BCUT2D eigenvalue weighted by atomic mass is 16.4. The monoisotopic (exact) mass is 328 g/mol. The van der Waals surface area contributed by atoms with Crippen LogP contribution in [0.4, 0.5) is 0 Å². The third-order valence-corrected chi connectivity index (χ3v) is 3.34. The molecule has 0 aliphatic rings. The zero-order chi connectivity index (χ0) is 17.7. The normalized spacial score (nSPS) is 10.4. The van der Waals surface area contributed by atoms with Crippen LogP contribution in [-0.4, -0.2) is 11.1 Å². The van der Waals surface area contributed by atoms with Crippen molar-refractivity contribution >= 4 is 5.97 Å². The smallest absolute Gasteiger partial charge is 0.303 e. The molecule has 132 valence electrons. The molecule has 0 saturated carbocycles. The predicted molar refractivity (Wildman–Crippen MR) is 103 cm³/mol. The van der Waals surface area contributed by atoms with Crippen molar-refractivity contribution in [1.29, 1.82) is 0 Å². The largest absolute Gasteiger partial charge is 0.481 e. The Morgan fingerprint density at radius 3 is 2.04 bits per heavy atom. The molecule has 0 spiro atoms. The van der Waals surface area contributed by atoms with E-state index in [9.17, 15) is 4.79 Å². The van der Waals surface area contributed by atoms with E-state index in [1.165, 1.54) is 6.42 Å². The van der Waals surface area contributed by atoms with Gasteiger partial charge in [-0.1, -0.05) is 50.5 Å². The molecule has 2 heteroatoms. The molecule has 0 aromatic rings. The summed E-state index contributed by atoms with van der Waals surface area (Å²) < 4.78 is 0. The maximum absolute atomic E-state index is 10.4. The second kappa shape index (κ2) is 19.0. The molecule has 0 unspecified atom stereocenters. The molecule has 1 N–H and O–H groups in total. The zero-order valence-electron chi connectivity index (χ0n) is 15.0. The molecular formula is C22H32O2. The van der Waals surface area contributed by atoms with Gasteiger partial charge in [0.15, 0.2) is 0 Å². The number of hydrogen-bond donors (Lipinski definition) is 1. The topological polar surface area (TPSA) is 37.3 Å². The summed E-state index contributed by atoms with van der Waals surface area (Å²) in [5.74, 6) is -0.687. The summed E-state index contributed by atoms with van der Waals surface area (Å²) >= 11 is 0. The number of carboxylic acid groups (broad SMARTS) is 1. The third kappa shape index (κ3) is 20.0. The highest BCUT2D eigenvalue weighted by molar-refractivity contribution is 5.66. The molecule has 0 aromatic carbocycles. The van der Waals surface area contributed by atoms with Gasteiger partial charge in [-0.3, -0.25) is 4.79 Å². The van der Waals surface area contributed by atoms with Crippen LogP contribution >= 0.6 is 0 Å². The van der Waals surface area contributed by atoms with Gasteiger partial charge in [0, 0.05) is 6.42 Å². The van der Waals surface area contributed by atoms with Crippen molar-refractivity contribution in [3.63, 3.8) is 0 Å². The number of aliphatic carboxylic acids is 1. The summed E-state index contributed by atoms with van der Waals surface area (Å²) in [7, 11) is 0. The summed E-state index contributed by atoms with van der Waals surface area (Å²) in [6, 6.07) is 0. The second-order valence-corrected chi connectivity index (χ2v) is 5.62. The van der Waals surface area contributed by atoms with Crippen LogP contribution in [0, 0.1) is 0 Å². The van der Waals surface area contributed by atoms with Gasteiger partial charge in [0.25, 0.3) is 0 Å². The number of allylic oxidation sites excluding steroid dienone is 6. The first-order valence-electron chi connectivity index (χ1n) is 9.11. The third-order valence-electron chi connectivity index (χ3n) is 3.34. The fraction of sp³-hybridized carbons (Fsp3) is 0.500. The van der Waals surface area contributed by atoms with E-state index in [-0.39, 0.29) is 0 Å². The number of unbranched alkanes of at least 4 members (excludes halogenated alkanes) is 6. The molecule has 24 heavy (non-hydrogen) atoms. The van der Waals surface area contributed by atoms with Gasteiger partial charge in [0.1, 0.15) is 0 Å². The quantitative estimate of drug-likeness (QED) is 0.224. The molecule has 0 aliphatic heterocycles. The first-order chi connectivity index (χ1) is 11.8. The minimum atomic E-state index is -0.687. The van der Waals surface area contributed by atoms with Crippen LogP contribution in [0.1, 0.15) is 71.1 Å². The van der Waals surface area contributed by atoms with Gasteiger partial charge in [-0.05, 0) is 62.8 Å². The van der Waals surface area contributed by atoms with Crippen molar-refractivity contribution in [1.82, 2.24) is 0 Å². The lowest BCUT2D eigenvalue weighted by Gasteiger charge is -1.97. The summed E-state index contributed by atoms with van der Waals surface area (Å²) in [4.78, 5) is 10.4. The zero-order valence-corrected chi connectivity index (χ0v) is 15.0. The van der Waals surface area contributed by atoms with Crippen LogP contribution in [0.25, 0.3) is 0 Å². The summed E-state index contributed by atoms with van der Waals surface area (Å²) in [5.41, 5.74) is 6.27. The average Bonchev–Trinajstić information content (AvgIpc) is 2.56. The van der Waals surface area contributed by atoms with Crippen LogP contribution in [0.3, 0.4) is 0 Å². The molecular weight excluding hydrogens is 296 g/mol. The van der Waals surface area contributed by atoms with Gasteiger partial charge in [0.05, 0.1) is 0 Å². The lowest BCUT2D eigenvalue weighted by Crippen LogP contribution is -1.93. The maximum Gasteiger partial charge on any atom is 0.303 e. The Kier molecular flexibility index (Phi) is 17.4. The van der Waals surface area contributed by atoms with E-state index in [4.69, 9.17) is 5.11 Å². The van der Waals surface area contributed by atoms with Gasteiger partial charge in [-0.25, -0.2) is 0 Å². The average molecular weight is 328 g/mol. The summed E-state index contributed by atoms with van der Waals surface area (Å²) in [6.45, 7) is 2.10. The molecule has 0 fully saturated rings. The fourth-order valence-electron chi connectivity index (χ4n) is 2.02. The number of carboxylic acids is 1. The standard InChI is InChI=1S/C22H32O2/c1-2-3-4-5-6-7-8-9-10-11-12-13-14-15-16-17-18-19-20-21-22(23)24/h3,5-7,10-12,14H,2,8-9,15-21H2,1H3,(H,23,24). The molecule has 0 saturated heterocycles. The first-order valence-corrected chi connectivity index (χ1v) is 9.11. The lowest BCUT2D eigenvalue weighted by molar-refractivity contribution is -0.137. The highest BCUT2D eigenvalue weighted by Crippen LogP contribution is 2.07.